The number of benzene rings is 1. The molecule has 2 aliphatic heterocycles. The van der Waals surface area contributed by atoms with E-state index in [0.717, 1.165) is 18.2 Å². The van der Waals surface area contributed by atoms with E-state index in [1.807, 2.05) is 0 Å². The third kappa shape index (κ3) is 3.95. The lowest BCUT2D eigenvalue weighted by atomic mass is 10.0. The molecule has 0 saturated carbocycles. The van der Waals surface area contributed by atoms with Crippen LogP contribution in [0, 0.1) is 5.82 Å². The molecule has 182 valence electrons. The van der Waals surface area contributed by atoms with E-state index in [9.17, 15) is 26.7 Å². The van der Waals surface area contributed by atoms with Crippen molar-refractivity contribution in [3.05, 3.63) is 69.8 Å². The van der Waals surface area contributed by atoms with Gasteiger partial charge in [0.2, 0.25) is 5.82 Å². The zero-order valence-electron chi connectivity index (χ0n) is 18.0. The average Bonchev–Trinajstić information content (AvgIpc) is 3.41. The minimum Gasteiger partial charge on any atom is -0.333 e. The number of likely N-dealkylation sites (tertiary alicyclic amines) is 1. The molecule has 1 aromatic carbocycles. The molecule has 1 saturated heterocycles. The van der Waals surface area contributed by atoms with Crippen molar-refractivity contribution in [1.82, 2.24) is 24.6 Å². The summed E-state index contributed by atoms with van der Waals surface area (Å²) in [7, 11) is 0. The summed E-state index contributed by atoms with van der Waals surface area (Å²) in [6, 6.07) is 3.44. The van der Waals surface area contributed by atoms with Crippen LogP contribution < -0.4 is 0 Å². The third-order valence-electron chi connectivity index (χ3n) is 5.81. The number of halogens is 6. The van der Waals surface area contributed by atoms with Crippen LogP contribution in [0.15, 0.2) is 35.5 Å². The smallest absolute Gasteiger partial charge is 0.333 e. The Kier molecular flexibility index (Phi) is 5.58. The quantitative estimate of drug-likeness (QED) is 0.473. The molecule has 1 amide bonds. The van der Waals surface area contributed by atoms with Gasteiger partial charge >= 0.3 is 6.18 Å². The Morgan fingerprint density at radius 1 is 1.23 bits per heavy atom. The summed E-state index contributed by atoms with van der Waals surface area (Å²) in [5, 5.41) is 3.50. The molecule has 7 nitrogen and oxygen atoms in total. The van der Waals surface area contributed by atoms with Crippen molar-refractivity contribution in [2.75, 3.05) is 13.1 Å². The molecule has 4 heterocycles. The lowest BCUT2D eigenvalue weighted by Gasteiger charge is -2.17. The monoisotopic (exact) mass is 510 g/mol. The second kappa shape index (κ2) is 8.36. The van der Waals surface area contributed by atoms with Crippen molar-refractivity contribution in [2.24, 2.45) is 4.99 Å². The highest BCUT2D eigenvalue weighted by Gasteiger charge is 2.39. The van der Waals surface area contributed by atoms with Gasteiger partial charge in [0.15, 0.2) is 11.6 Å². The van der Waals surface area contributed by atoms with Gasteiger partial charge in [0, 0.05) is 18.3 Å². The van der Waals surface area contributed by atoms with Gasteiger partial charge < -0.3 is 4.90 Å². The van der Waals surface area contributed by atoms with Gasteiger partial charge in [0.25, 0.3) is 5.91 Å². The van der Waals surface area contributed by atoms with Crippen molar-refractivity contribution < 1.29 is 26.7 Å². The molecule has 2 aliphatic rings. The lowest BCUT2D eigenvalue weighted by molar-refractivity contribution is -0.137. The molecule has 0 radical (unpaired) electrons. The second-order valence-electron chi connectivity index (χ2n) is 8.15. The Morgan fingerprint density at radius 2 is 2.00 bits per heavy atom. The van der Waals surface area contributed by atoms with E-state index in [1.165, 1.54) is 21.8 Å². The van der Waals surface area contributed by atoms with Crippen LogP contribution in [0.25, 0.3) is 5.69 Å². The molecule has 0 spiro atoms. The van der Waals surface area contributed by atoms with Crippen LogP contribution in [0.4, 0.5) is 22.0 Å². The third-order valence-corrected chi connectivity index (χ3v) is 6.20. The molecule has 0 bridgehead atoms. The fourth-order valence-corrected chi connectivity index (χ4v) is 4.50. The number of nitrogens with zero attached hydrogens (tertiary/aromatic N) is 6. The molecule has 2 aromatic heterocycles. The molecule has 2 atom stereocenters. The lowest BCUT2D eigenvalue weighted by Crippen LogP contribution is -2.30. The van der Waals surface area contributed by atoms with Gasteiger partial charge in [0.05, 0.1) is 28.5 Å². The van der Waals surface area contributed by atoms with Gasteiger partial charge in [-0.25, -0.2) is 18.4 Å². The van der Waals surface area contributed by atoms with Gasteiger partial charge in [0.1, 0.15) is 17.9 Å². The minimum atomic E-state index is -4.80. The number of aromatic nitrogens is 4. The second-order valence-corrected chi connectivity index (χ2v) is 8.53. The molecule has 0 N–H and O–H groups in total. The summed E-state index contributed by atoms with van der Waals surface area (Å²) in [5.74, 6) is -1.56. The number of alkyl halides is 4. The summed E-state index contributed by atoms with van der Waals surface area (Å²) in [6.07, 6.45) is -4.49. The number of amides is 1. The predicted molar refractivity (Wildman–Crippen MR) is 115 cm³/mol. The van der Waals surface area contributed by atoms with Crippen molar-refractivity contribution >= 4 is 23.2 Å². The highest BCUT2D eigenvalue weighted by atomic mass is 35.5. The normalized spacial score (nSPS) is 19.7. The number of pyridine rings is 1. The van der Waals surface area contributed by atoms with Crippen LogP contribution in [0.1, 0.15) is 52.7 Å². The van der Waals surface area contributed by atoms with E-state index < -0.39 is 40.7 Å². The summed E-state index contributed by atoms with van der Waals surface area (Å²) >= 11 is 6.25. The minimum absolute atomic E-state index is 0.0162. The molecule has 13 heteroatoms. The average molecular weight is 511 g/mol. The molecule has 0 unspecified atom stereocenters. The maximum Gasteiger partial charge on any atom is 0.417 e. The summed E-state index contributed by atoms with van der Waals surface area (Å²) in [6.45, 7) is 1.66. The fraction of sp³-hybridized carbons (Fsp3) is 0.318. The van der Waals surface area contributed by atoms with Crippen molar-refractivity contribution in [1.29, 1.82) is 0 Å². The number of fused-ring (bicyclic) bond motifs is 3. The van der Waals surface area contributed by atoms with E-state index in [-0.39, 0.29) is 53.8 Å². The molecule has 0 aliphatic carbocycles. The van der Waals surface area contributed by atoms with E-state index in [0.29, 0.717) is 0 Å². The largest absolute Gasteiger partial charge is 0.417 e. The zero-order chi connectivity index (χ0) is 25.1. The van der Waals surface area contributed by atoms with Gasteiger partial charge in [-0.15, -0.1) is 5.10 Å². The Morgan fingerprint density at radius 3 is 2.66 bits per heavy atom. The van der Waals surface area contributed by atoms with Gasteiger partial charge in [-0.3, -0.25) is 14.8 Å². The first-order valence-electron chi connectivity index (χ1n) is 10.6. The number of carbonyl (C=O) groups excluding carboxylic acids is 1. The number of hydrogen-bond donors (Lipinski definition) is 0. The zero-order valence-corrected chi connectivity index (χ0v) is 18.8. The molecule has 35 heavy (non-hydrogen) atoms. The number of carbonyl (C=O) groups is 1. The van der Waals surface area contributed by atoms with Crippen molar-refractivity contribution in [3.8, 4) is 5.69 Å². The topological polar surface area (TPSA) is 76.3 Å². The first kappa shape index (κ1) is 23.3. The predicted octanol–water partition coefficient (Wildman–Crippen LogP) is 4.57. The Bertz CT molecular complexity index is 1370. The van der Waals surface area contributed by atoms with E-state index in [4.69, 9.17) is 11.6 Å². The summed E-state index contributed by atoms with van der Waals surface area (Å²) < 4.78 is 70.5. The van der Waals surface area contributed by atoms with Gasteiger partial charge in [-0.2, -0.15) is 13.2 Å². The highest BCUT2D eigenvalue weighted by molar-refractivity contribution is 6.37. The Balaban J connectivity index is 1.73. The summed E-state index contributed by atoms with van der Waals surface area (Å²) in [4.78, 5) is 26.8. The molecular weight excluding hydrogens is 495 g/mol. The Labute approximate surface area is 200 Å². The first-order chi connectivity index (χ1) is 16.6. The number of rotatable bonds is 2. The SMILES string of the molecule is C[C@@H]1N=C(c2ncccc2F)c2c(ccc(C(F)(F)F)c2Cl)-n2nc(C(=O)N3CC[C@H](F)C3)nc21. The van der Waals surface area contributed by atoms with Crippen LogP contribution in [0.3, 0.4) is 0 Å². The number of aliphatic imine (C=N–C) groups is 1. The summed E-state index contributed by atoms with van der Waals surface area (Å²) in [5.41, 5.74) is -1.89. The van der Waals surface area contributed by atoms with Crippen molar-refractivity contribution in [3.63, 3.8) is 0 Å². The van der Waals surface area contributed by atoms with Crippen LogP contribution in [-0.2, 0) is 6.18 Å². The molecule has 3 aromatic rings. The van der Waals surface area contributed by atoms with Crippen LogP contribution in [-0.4, -0.2) is 55.5 Å². The van der Waals surface area contributed by atoms with Crippen molar-refractivity contribution in [2.45, 2.75) is 31.7 Å². The molecule has 5 rings (SSSR count). The maximum absolute atomic E-state index is 14.7. The Hall–Kier alpha value is -3.41. The van der Waals surface area contributed by atoms with E-state index in [2.05, 4.69) is 20.1 Å². The van der Waals surface area contributed by atoms with Crippen LogP contribution in [0.2, 0.25) is 5.02 Å². The van der Waals surface area contributed by atoms with Gasteiger partial charge in [-0.05, 0) is 37.6 Å². The maximum atomic E-state index is 14.7. The molecule has 1 fully saturated rings. The van der Waals surface area contributed by atoms with E-state index in [1.54, 1.807) is 6.92 Å². The first-order valence-corrected chi connectivity index (χ1v) is 10.9. The van der Waals surface area contributed by atoms with Gasteiger partial charge in [-0.1, -0.05) is 11.6 Å². The van der Waals surface area contributed by atoms with Crippen LogP contribution in [0.5, 0.6) is 0 Å². The number of hydrogen-bond acceptors (Lipinski definition) is 5. The molecular formula is C22H16ClF5N6O. The van der Waals surface area contributed by atoms with Crippen LogP contribution >= 0.6 is 11.6 Å². The highest BCUT2D eigenvalue weighted by Crippen LogP contribution is 2.41. The fourth-order valence-electron chi connectivity index (χ4n) is 4.15. The van der Waals surface area contributed by atoms with E-state index >= 15 is 0 Å². The standard InChI is InChI=1S/C22H16ClF5N6O/c1-10-20-31-19(21(35)33-8-6-11(24)9-33)32-34(20)14-5-4-12(22(26,27)28)16(23)15(14)18(30-10)17-13(25)3-2-7-29-17/h2-5,7,10-11H,6,8-9H2,1H3/t10-,11-/m0/s1.